The molecule has 23 heavy (non-hydrogen) atoms. The van der Waals surface area contributed by atoms with Gasteiger partial charge in [-0.05, 0) is 37.3 Å². The highest BCUT2D eigenvalue weighted by molar-refractivity contribution is 7.98. The molecule has 0 saturated carbocycles. The van der Waals surface area contributed by atoms with E-state index in [0.717, 1.165) is 24.3 Å². The van der Waals surface area contributed by atoms with E-state index in [2.05, 4.69) is 5.32 Å². The molecule has 1 amide bonds. The summed E-state index contributed by atoms with van der Waals surface area (Å²) >= 11 is 1.55. The van der Waals surface area contributed by atoms with Crippen molar-refractivity contribution >= 4 is 23.6 Å². The molecule has 1 aromatic rings. The van der Waals surface area contributed by atoms with Crippen molar-refractivity contribution in [3.05, 3.63) is 23.8 Å². The molecule has 0 bridgehead atoms. The standard InChI is InChI=1S/C16H21NO5S/c1-20-14-8-12(23-2)5-6-13(14)16(19)22-10-15(18)17-9-11-4-3-7-21-11/h5-6,8,11H,3-4,7,9-10H2,1-2H3,(H,17,18)/t11-/m1/s1. The van der Waals surface area contributed by atoms with Gasteiger partial charge in [0.2, 0.25) is 0 Å². The maximum absolute atomic E-state index is 12.1. The maximum Gasteiger partial charge on any atom is 0.342 e. The van der Waals surface area contributed by atoms with E-state index < -0.39 is 5.97 Å². The van der Waals surface area contributed by atoms with Crippen molar-refractivity contribution in [2.24, 2.45) is 0 Å². The third-order valence-corrected chi connectivity index (χ3v) is 4.24. The number of methoxy groups -OCH3 is 1. The Morgan fingerprint density at radius 2 is 2.26 bits per heavy atom. The number of rotatable bonds is 7. The summed E-state index contributed by atoms with van der Waals surface area (Å²) in [6.45, 7) is 0.864. The van der Waals surface area contributed by atoms with Crippen molar-refractivity contribution in [1.82, 2.24) is 5.32 Å². The number of hydrogen-bond acceptors (Lipinski definition) is 6. The number of thioether (sulfide) groups is 1. The van der Waals surface area contributed by atoms with Gasteiger partial charge in [0, 0.05) is 18.0 Å². The Morgan fingerprint density at radius 1 is 1.43 bits per heavy atom. The lowest BCUT2D eigenvalue weighted by molar-refractivity contribution is -0.124. The molecule has 6 nitrogen and oxygen atoms in total. The first-order valence-corrected chi connectivity index (χ1v) is 8.64. The molecule has 2 rings (SSSR count). The quantitative estimate of drug-likeness (QED) is 0.604. The van der Waals surface area contributed by atoms with Crippen molar-refractivity contribution in [2.45, 2.75) is 23.8 Å². The zero-order valence-electron chi connectivity index (χ0n) is 13.3. The molecule has 1 heterocycles. The highest BCUT2D eigenvalue weighted by Gasteiger charge is 2.18. The number of carbonyl (C=O) groups excluding carboxylic acids is 2. The molecule has 7 heteroatoms. The van der Waals surface area contributed by atoms with Gasteiger partial charge >= 0.3 is 5.97 Å². The number of esters is 1. The Morgan fingerprint density at radius 3 is 2.91 bits per heavy atom. The molecule has 0 aromatic heterocycles. The van der Waals surface area contributed by atoms with Gasteiger partial charge in [-0.1, -0.05) is 0 Å². The average molecular weight is 339 g/mol. The van der Waals surface area contributed by atoms with Crippen LogP contribution in [0.4, 0.5) is 0 Å². The van der Waals surface area contributed by atoms with E-state index in [-0.39, 0.29) is 18.6 Å². The third kappa shape index (κ3) is 5.14. The van der Waals surface area contributed by atoms with Gasteiger partial charge in [-0.2, -0.15) is 0 Å². The summed E-state index contributed by atoms with van der Waals surface area (Å²) in [7, 11) is 1.49. The van der Waals surface area contributed by atoms with Gasteiger partial charge in [-0.15, -0.1) is 11.8 Å². The van der Waals surface area contributed by atoms with Crippen LogP contribution in [0.2, 0.25) is 0 Å². The van der Waals surface area contributed by atoms with Gasteiger partial charge in [0.15, 0.2) is 6.61 Å². The number of nitrogens with one attached hydrogen (secondary N) is 1. The van der Waals surface area contributed by atoms with E-state index in [9.17, 15) is 9.59 Å². The monoisotopic (exact) mass is 339 g/mol. The molecular formula is C16H21NO5S. The third-order valence-electron chi connectivity index (χ3n) is 3.51. The summed E-state index contributed by atoms with van der Waals surface area (Å²) in [5.74, 6) is -0.489. The van der Waals surface area contributed by atoms with Gasteiger partial charge in [-0.25, -0.2) is 4.79 Å². The molecule has 0 aliphatic carbocycles. The second-order valence-corrected chi connectivity index (χ2v) is 5.96. The lowest BCUT2D eigenvalue weighted by Gasteiger charge is -2.12. The normalized spacial score (nSPS) is 16.9. The van der Waals surface area contributed by atoms with E-state index in [0.29, 0.717) is 17.9 Å². The second kappa shape index (κ2) is 8.79. The molecule has 1 aromatic carbocycles. The average Bonchev–Trinajstić information content (AvgIpc) is 3.10. The Bertz CT molecular complexity index is 557. The zero-order valence-corrected chi connectivity index (χ0v) is 14.1. The maximum atomic E-state index is 12.1. The number of hydrogen-bond donors (Lipinski definition) is 1. The largest absolute Gasteiger partial charge is 0.496 e. The van der Waals surface area contributed by atoms with Crippen LogP contribution in [0.1, 0.15) is 23.2 Å². The number of amides is 1. The van der Waals surface area contributed by atoms with Crippen molar-refractivity contribution in [3.63, 3.8) is 0 Å². The van der Waals surface area contributed by atoms with E-state index in [1.165, 1.54) is 7.11 Å². The van der Waals surface area contributed by atoms with E-state index in [1.54, 1.807) is 30.0 Å². The smallest absolute Gasteiger partial charge is 0.342 e. The van der Waals surface area contributed by atoms with Crippen LogP contribution in [0, 0.1) is 0 Å². The lowest BCUT2D eigenvalue weighted by atomic mass is 10.2. The van der Waals surface area contributed by atoms with Crippen LogP contribution in [0.15, 0.2) is 23.1 Å². The van der Waals surface area contributed by atoms with E-state index in [1.807, 2.05) is 6.26 Å². The van der Waals surface area contributed by atoms with Crippen LogP contribution in [-0.2, 0) is 14.3 Å². The summed E-state index contributed by atoms with van der Waals surface area (Å²) < 4.78 is 15.7. The van der Waals surface area contributed by atoms with E-state index >= 15 is 0 Å². The van der Waals surface area contributed by atoms with Crippen molar-refractivity contribution < 1.29 is 23.8 Å². The van der Waals surface area contributed by atoms with Gasteiger partial charge < -0.3 is 19.5 Å². The first-order valence-electron chi connectivity index (χ1n) is 7.41. The SMILES string of the molecule is COc1cc(SC)ccc1C(=O)OCC(=O)NC[C@H]1CCCO1. The summed E-state index contributed by atoms with van der Waals surface area (Å²) in [6.07, 6.45) is 3.96. The predicted octanol–water partition coefficient (Wildman–Crippen LogP) is 1.87. The molecule has 1 N–H and O–H groups in total. The molecule has 0 spiro atoms. The highest BCUT2D eigenvalue weighted by Crippen LogP contribution is 2.25. The van der Waals surface area contributed by atoms with Crippen molar-refractivity contribution in [3.8, 4) is 5.75 Å². The molecule has 126 valence electrons. The van der Waals surface area contributed by atoms with Crippen molar-refractivity contribution in [2.75, 3.05) is 33.1 Å². The minimum absolute atomic E-state index is 0.0637. The highest BCUT2D eigenvalue weighted by atomic mass is 32.2. The van der Waals surface area contributed by atoms with Crippen LogP contribution in [0.5, 0.6) is 5.75 Å². The minimum atomic E-state index is -0.582. The number of carbonyl (C=O) groups is 2. The fourth-order valence-electron chi connectivity index (χ4n) is 2.26. The molecule has 1 atom stereocenters. The van der Waals surface area contributed by atoms with Gasteiger partial charge in [0.1, 0.15) is 11.3 Å². The van der Waals surface area contributed by atoms with Crippen molar-refractivity contribution in [1.29, 1.82) is 0 Å². The van der Waals surface area contributed by atoms with Crippen LogP contribution >= 0.6 is 11.8 Å². The molecule has 1 aliphatic rings. The molecule has 1 fully saturated rings. The molecule has 0 radical (unpaired) electrons. The van der Waals surface area contributed by atoms with Gasteiger partial charge in [0.25, 0.3) is 5.91 Å². The summed E-state index contributed by atoms with van der Waals surface area (Å²) in [5.41, 5.74) is 0.303. The Labute approximate surface area is 139 Å². The minimum Gasteiger partial charge on any atom is -0.496 e. The molecule has 1 aliphatic heterocycles. The summed E-state index contributed by atoms with van der Waals surface area (Å²) in [4.78, 5) is 24.8. The molecule has 0 unspecified atom stereocenters. The number of benzene rings is 1. The summed E-state index contributed by atoms with van der Waals surface area (Å²) in [5, 5.41) is 2.70. The van der Waals surface area contributed by atoms with Crippen LogP contribution in [0.25, 0.3) is 0 Å². The predicted molar refractivity (Wildman–Crippen MR) is 87.0 cm³/mol. The fourth-order valence-corrected chi connectivity index (χ4v) is 2.69. The fraction of sp³-hybridized carbons (Fsp3) is 0.500. The van der Waals surface area contributed by atoms with Crippen LogP contribution < -0.4 is 10.1 Å². The van der Waals surface area contributed by atoms with Crippen LogP contribution in [0.3, 0.4) is 0 Å². The molecular weight excluding hydrogens is 318 g/mol. The van der Waals surface area contributed by atoms with Gasteiger partial charge in [-0.3, -0.25) is 4.79 Å². The van der Waals surface area contributed by atoms with Crippen LogP contribution in [-0.4, -0.2) is 51.1 Å². The topological polar surface area (TPSA) is 73.9 Å². The van der Waals surface area contributed by atoms with E-state index in [4.69, 9.17) is 14.2 Å². The Hall–Kier alpha value is -1.73. The van der Waals surface area contributed by atoms with Gasteiger partial charge in [0.05, 0.1) is 13.2 Å². The Kier molecular flexibility index (Phi) is 6.73. The first-order chi connectivity index (χ1) is 11.1. The summed E-state index contributed by atoms with van der Waals surface area (Å²) in [6, 6.07) is 5.21. The first kappa shape index (κ1) is 17.6. The zero-order chi connectivity index (χ0) is 16.7. The number of ether oxygens (including phenoxy) is 3. The lowest BCUT2D eigenvalue weighted by Crippen LogP contribution is -2.34. The second-order valence-electron chi connectivity index (χ2n) is 5.08. The Balaban J connectivity index is 1.82. The molecule has 1 saturated heterocycles.